The Hall–Kier alpha value is -3.82. The summed E-state index contributed by atoms with van der Waals surface area (Å²) in [5, 5.41) is 18.0. The molecule has 1 aliphatic rings. The molecule has 3 N–H and O–H groups in total. The molecule has 33 heavy (non-hydrogen) atoms. The van der Waals surface area contributed by atoms with E-state index in [0.29, 0.717) is 24.9 Å². The van der Waals surface area contributed by atoms with E-state index in [1.54, 1.807) is 24.3 Å². The van der Waals surface area contributed by atoms with E-state index in [1.165, 1.54) is 4.90 Å². The Labute approximate surface area is 186 Å². The highest BCUT2D eigenvalue weighted by Crippen LogP contribution is 2.31. The molecule has 4 rings (SSSR count). The monoisotopic (exact) mass is 462 g/mol. The Morgan fingerprint density at radius 2 is 1.61 bits per heavy atom. The number of aromatic amines is 1. The van der Waals surface area contributed by atoms with Gasteiger partial charge in [-0.25, -0.2) is 9.59 Å². The number of aliphatic carboxylic acids is 2. The highest BCUT2D eigenvalue weighted by Gasteiger charge is 2.42. The molecule has 3 aromatic rings. The van der Waals surface area contributed by atoms with E-state index in [1.807, 2.05) is 36.5 Å². The number of H-pyrrole nitrogens is 1. The molecule has 0 aliphatic carbocycles. The maximum atomic E-state index is 12.8. The average Bonchev–Trinajstić information content (AvgIpc) is 3.38. The molecule has 2 heterocycles. The van der Waals surface area contributed by atoms with Crippen LogP contribution in [0.1, 0.15) is 22.3 Å². The summed E-state index contributed by atoms with van der Waals surface area (Å²) in [6.07, 6.45) is -1.81. The van der Waals surface area contributed by atoms with Gasteiger partial charge in [-0.15, -0.1) is 0 Å². The molecule has 0 bridgehead atoms. The van der Waals surface area contributed by atoms with Gasteiger partial charge in [-0.2, -0.15) is 13.2 Å². The van der Waals surface area contributed by atoms with E-state index in [2.05, 4.69) is 4.98 Å². The summed E-state index contributed by atoms with van der Waals surface area (Å²) in [6, 6.07) is 16.1. The molecule has 1 saturated heterocycles. The average molecular weight is 462 g/mol. The third-order valence-electron chi connectivity index (χ3n) is 5.46. The third-order valence-corrected chi connectivity index (χ3v) is 5.46. The third kappa shape index (κ3) is 5.51. The second kappa shape index (κ2) is 9.76. The predicted molar refractivity (Wildman–Crippen MR) is 113 cm³/mol. The first-order valence-corrected chi connectivity index (χ1v) is 10.0. The lowest BCUT2D eigenvalue weighted by atomic mass is 9.92. The number of nitrogens with one attached hydrogen (secondary N) is 1. The van der Waals surface area contributed by atoms with E-state index in [4.69, 9.17) is 9.90 Å². The molecule has 10 heteroatoms. The lowest BCUT2D eigenvalue weighted by molar-refractivity contribution is -0.192. The van der Waals surface area contributed by atoms with Crippen LogP contribution in [0, 0.1) is 5.92 Å². The Kier molecular flexibility index (Phi) is 7.05. The van der Waals surface area contributed by atoms with Gasteiger partial charge in [0, 0.05) is 29.2 Å². The van der Waals surface area contributed by atoms with E-state index >= 15 is 0 Å². The van der Waals surface area contributed by atoms with Crippen LogP contribution < -0.4 is 0 Å². The van der Waals surface area contributed by atoms with Gasteiger partial charge in [0.1, 0.15) is 6.04 Å². The van der Waals surface area contributed by atoms with Crippen molar-refractivity contribution < 1.29 is 37.8 Å². The standard InChI is InChI=1S/C21H20N2O3.C2HF3O2/c24-20(14-6-2-1-3-7-14)23-11-10-15(19(23)21(25)26)12-16-13-22-18-9-5-4-8-17(16)18;3-2(4,5)1(6)7/h1-9,13,15,19,22H,10-12H2,(H,25,26);(H,6,7)/t15-,19-;/m0./s1. The second-order valence-electron chi connectivity index (χ2n) is 7.56. The molecule has 1 aromatic heterocycles. The number of alkyl halides is 3. The number of aromatic nitrogens is 1. The molecular weight excluding hydrogens is 441 g/mol. The fraction of sp³-hybridized carbons (Fsp3) is 0.261. The van der Waals surface area contributed by atoms with Crippen LogP contribution in [0.3, 0.4) is 0 Å². The maximum absolute atomic E-state index is 12.8. The highest BCUT2D eigenvalue weighted by atomic mass is 19.4. The predicted octanol–water partition coefficient (Wildman–Crippen LogP) is 3.96. The van der Waals surface area contributed by atoms with Crippen molar-refractivity contribution in [2.24, 2.45) is 5.92 Å². The normalized spacial score (nSPS) is 18.0. The SMILES string of the molecule is O=C(O)C(F)(F)F.O=C(O)[C@@H]1[C@H](Cc2c[nH]c3ccccc23)CCN1C(=O)c1ccccc1. The number of fused-ring (bicyclic) bond motifs is 1. The van der Waals surface area contributed by atoms with Gasteiger partial charge >= 0.3 is 18.1 Å². The van der Waals surface area contributed by atoms with Gasteiger partial charge in [-0.05, 0) is 42.5 Å². The number of benzene rings is 2. The molecule has 0 radical (unpaired) electrons. The van der Waals surface area contributed by atoms with E-state index in [0.717, 1.165) is 16.5 Å². The molecule has 2 aromatic carbocycles. The second-order valence-corrected chi connectivity index (χ2v) is 7.56. The first-order valence-electron chi connectivity index (χ1n) is 10.0. The Bertz CT molecular complexity index is 1140. The zero-order valence-electron chi connectivity index (χ0n) is 17.2. The van der Waals surface area contributed by atoms with Gasteiger partial charge in [-0.3, -0.25) is 4.79 Å². The molecule has 0 spiro atoms. The molecule has 174 valence electrons. The van der Waals surface area contributed by atoms with Crippen molar-refractivity contribution in [3.63, 3.8) is 0 Å². The van der Waals surface area contributed by atoms with Crippen LogP contribution in [0.4, 0.5) is 13.2 Å². The summed E-state index contributed by atoms with van der Waals surface area (Å²) in [6.45, 7) is 0.470. The number of carboxylic acid groups (broad SMARTS) is 2. The van der Waals surface area contributed by atoms with Gasteiger partial charge in [0.05, 0.1) is 0 Å². The van der Waals surface area contributed by atoms with Gasteiger partial charge in [-0.1, -0.05) is 36.4 Å². The number of rotatable bonds is 4. The maximum Gasteiger partial charge on any atom is 0.490 e. The van der Waals surface area contributed by atoms with E-state index < -0.39 is 24.2 Å². The van der Waals surface area contributed by atoms with Crippen molar-refractivity contribution >= 4 is 28.7 Å². The molecule has 1 fully saturated rings. The number of hydrogen-bond donors (Lipinski definition) is 3. The minimum atomic E-state index is -5.08. The van der Waals surface area contributed by atoms with Crippen molar-refractivity contribution in [1.82, 2.24) is 9.88 Å². The smallest absolute Gasteiger partial charge is 0.480 e. The van der Waals surface area contributed by atoms with Crippen LogP contribution in [0.5, 0.6) is 0 Å². The van der Waals surface area contributed by atoms with Crippen molar-refractivity contribution in [1.29, 1.82) is 0 Å². The Morgan fingerprint density at radius 3 is 2.21 bits per heavy atom. The number of carbonyl (C=O) groups is 3. The topological polar surface area (TPSA) is 111 Å². The van der Waals surface area contributed by atoms with Crippen LogP contribution in [-0.2, 0) is 16.0 Å². The van der Waals surface area contributed by atoms with Crippen molar-refractivity contribution in [3.8, 4) is 0 Å². The first-order chi connectivity index (χ1) is 15.6. The molecule has 0 unspecified atom stereocenters. The highest BCUT2D eigenvalue weighted by molar-refractivity contribution is 5.97. The summed E-state index contributed by atoms with van der Waals surface area (Å²) >= 11 is 0. The number of hydrogen-bond acceptors (Lipinski definition) is 3. The molecule has 1 aliphatic heterocycles. The van der Waals surface area contributed by atoms with Gasteiger partial charge < -0.3 is 20.1 Å². The summed E-state index contributed by atoms with van der Waals surface area (Å²) in [5.74, 6) is -4.00. The van der Waals surface area contributed by atoms with Gasteiger partial charge in [0.15, 0.2) is 0 Å². The molecule has 0 saturated carbocycles. The minimum Gasteiger partial charge on any atom is -0.480 e. The molecule has 1 amide bonds. The van der Waals surface area contributed by atoms with Crippen LogP contribution in [0.15, 0.2) is 60.8 Å². The number of amides is 1. The Morgan fingerprint density at radius 1 is 1.00 bits per heavy atom. The zero-order chi connectivity index (χ0) is 24.2. The summed E-state index contributed by atoms with van der Waals surface area (Å²) < 4.78 is 31.7. The largest absolute Gasteiger partial charge is 0.490 e. The number of nitrogens with zero attached hydrogens (tertiary/aromatic N) is 1. The number of para-hydroxylation sites is 1. The van der Waals surface area contributed by atoms with Gasteiger partial charge in [0.2, 0.25) is 0 Å². The van der Waals surface area contributed by atoms with Gasteiger partial charge in [0.25, 0.3) is 5.91 Å². The zero-order valence-corrected chi connectivity index (χ0v) is 17.2. The Balaban J connectivity index is 0.000000383. The lowest BCUT2D eigenvalue weighted by Gasteiger charge is -2.25. The van der Waals surface area contributed by atoms with Crippen LogP contribution >= 0.6 is 0 Å². The summed E-state index contributed by atoms with van der Waals surface area (Å²) in [5.41, 5.74) is 2.68. The number of likely N-dealkylation sites (tertiary alicyclic amines) is 1. The lowest BCUT2D eigenvalue weighted by Crippen LogP contribution is -2.43. The van der Waals surface area contributed by atoms with Crippen molar-refractivity contribution in [2.75, 3.05) is 6.54 Å². The fourth-order valence-electron chi connectivity index (χ4n) is 3.96. The van der Waals surface area contributed by atoms with E-state index in [9.17, 15) is 27.9 Å². The number of carbonyl (C=O) groups excluding carboxylic acids is 1. The number of halogens is 3. The van der Waals surface area contributed by atoms with Crippen LogP contribution in [0.2, 0.25) is 0 Å². The molecule has 7 nitrogen and oxygen atoms in total. The fourth-order valence-corrected chi connectivity index (χ4v) is 3.96. The van der Waals surface area contributed by atoms with Crippen LogP contribution in [0.25, 0.3) is 10.9 Å². The van der Waals surface area contributed by atoms with Crippen LogP contribution in [-0.4, -0.2) is 56.7 Å². The number of carboxylic acids is 2. The van der Waals surface area contributed by atoms with Crippen molar-refractivity contribution in [2.45, 2.75) is 25.1 Å². The van der Waals surface area contributed by atoms with Crippen molar-refractivity contribution in [3.05, 3.63) is 71.9 Å². The quantitative estimate of drug-likeness (QED) is 0.544. The minimum absolute atomic E-state index is 0.0978. The summed E-state index contributed by atoms with van der Waals surface area (Å²) in [7, 11) is 0. The summed E-state index contributed by atoms with van der Waals surface area (Å²) in [4.78, 5) is 38.4. The van der Waals surface area contributed by atoms with E-state index in [-0.39, 0.29) is 11.8 Å². The molecule has 2 atom stereocenters. The first kappa shape index (κ1) is 23.8. The molecular formula is C23H21F3N2O5.